The largest absolute Gasteiger partial charge is 0.379 e. The third-order valence-electron chi connectivity index (χ3n) is 4.99. The Kier molecular flexibility index (Phi) is 4.59. The molecule has 0 amide bonds. The quantitative estimate of drug-likeness (QED) is 0.665. The Morgan fingerprint density at radius 1 is 1.25 bits per heavy atom. The molecule has 1 aliphatic rings. The molecule has 28 heavy (non-hydrogen) atoms. The topological polar surface area (TPSA) is 113 Å². The van der Waals surface area contributed by atoms with Crippen LogP contribution in [0.2, 0.25) is 0 Å². The highest BCUT2D eigenvalue weighted by Gasteiger charge is 2.31. The van der Waals surface area contributed by atoms with E-state index < -0.39 is 12.3 Å². The first kappa shape index (κ1) is 18.5. The maximum Gasteiger partial charge on any atom is 0.163 e. The van der Waals surface area contributed by atoms with Crippen molar-refractivity contribution in [1.29, 1.82) is 5.26 Å². The van der Waals surface area contributed by atoms with E-state index in [-0.39, 0.29) is 6.42 Å². The molecular formula is C20H20N6OS. The molecular weight excluding hydrogens is 372 g/mol. The number of thiophene rings is 1. The predicted octanol–water partition coefficient (Wildman–Crippen LogP) is 2.69. The number of rotatable bonds is 3. The van der Waals surface area contributed by atoms with Crippen LogP contribution in [0, 0.1) is 32.1 Å². The van der Waals surface area contributed by atoms with E-state index in [1.807, 2.05) is 23.6 Å². The number of hydrogen-bond donors (Lipinski definition) is 2. The number of hydrogen-bond acceptors (Lipinski definition) is 7. The lowest BCUT2D eigenvalue weighted by Gasteiger charge is -2.14. The van der Waals surface area contributed by atoms with Crippen molar-refractivity contribution in [3.8, 4) is 11.1 Å². The van der Waals surface area contributed by atoms with Gasteiger partial charge in [0.15, 0.2) is 5.82 Å². The number of aliphatic imine (C=N–C) groups is 1. The zero-order valence-electron chi connectivity index (χ0n) is 15.8. The Labute approximate surface area is 166 Å². The Balaban J connectivity index is 2.00. The second-order valence-corrected chi connectivity index (χ2v) is 8.09. The summed E-state index contributed by atoms with van der Waals surface area (Å²) in [4.78, 5) is 6.19. The van der Waals surface area contributed by atoms with E-state index >= 15 is 0 Å². The van der Waals surface area contributed by atoms with E-state index in [0.717, 1.165) is 33.2 Å². The number of aliphatic hydroxyl groups excluding tert-OH is 1. The second kappa shape index (κ2) is 6.95. The number of nitriles is 1. The van der Waals surface area contributed by atoms with Crippen molar-refractivity contribution in [2.24, 2.45) is 10.7 Å². The minimum Gasteiger partial charge on any atom is -0.379 e. The van der Waals surface area contributed by atoms with Crippen LogP contribution >= 0.6 is 11.3 Å². The van der Waals surface area contributed by atoms with Gasteiger partial charge < -0.3 is 10.8 Å². The molecule has 8 heteroatoms. The predicted molar refractivity (Wildman–Crippen MR) is 108 cm³/mol. The van der Waals surface area contributed by atoms with Gasteiger partial charge in [-0.1, -0.05) is 12.1 Å². The average molecular weight is 392 g/mol. The first-order valence-corrected chi connectivity index (χ1v) is 9.77. The van der Waals surface area contributed by atoms with Gasteiger partial charge in [-0.25, -0.2) is 0 Å². The average Bonchev–Trinajstić information content (AvgIpc) is 3.14. The van der Waals surface area contributed by atoms with Crippen LogP contribution in [0.25, 0.3) is 5.00 Å². The van der Waals surface area contributed by atoms with E-state index in [9.17, 15) is 5.11 Å². The summed E-state index contributed by atoms with van der Waals surface area (Å²) in [6.45, 7) is 6.08. The highest BCUT2D eigenvalue weighted by atomic mass is 32.1. The highest BCUT2D eigenvalue weighted by molar-refractivity contribution is 7.15. The zero-order chi connectivity index (χ0) is 20.0. The van der Waals surface area contributed by atoms with Crippen molar-refractivity contribution in [1.82, 2.24) is 14.8 Å². The molecule has 1 aromatic carbocycles. The van der Waals surface area contributed by atoms with Gasteiger partial charge in [0, 0.05) is 22.4 Å². The molecule has 142 valence electrons. The van der Waals surface area contributed by atoms with Crippen LogP contribution in [-0.2, 0) is 0 Å². The minimum atomic E-state index is -1.01. The van der Waals surface area contributed by atoms with Crippen LogP contribution in [0.3, 0.4) is 0 Å². The van der Waals surface area contributed by atoms with Gasteiger partial charge in [0.25, 0.3) is 0 Å². The molecule has 2 aromatic heterocycles. The van der Waals surface area contributed by atoms with Gasteiger partial charge in [0.05, 0.1) is 17.3 Å². The van der Waals surface area contributed by atoms with Gasteiger partial charge in [-0.3, -0.25) is 9.56 Å². The minimum absolute atomic E-state index is 0.241. The van der Waals surface area contributed by atoms with Gasteiger partial charge in [-0.2, -0.15) is 5.26 Å². The van der Waals surface area contributed by atoms with Gasteiger partial charge >= 0.3 is 0 Å². The standard InChI is InChI=1S/C20H20N6OS/c1-10-11(2)28-20-17(10)18(14-6-4-13(9-21)5-7-14)23-15(8-16(22)27)19-25-24-12(3)26(19)20/h4-7,15-16,27H,8,22H2,1-3H3/t15-,16?/m0/s1. The molecule has 0 radical (unpaired) electrons. The molecule has 2 atom stereocenters. The number of nitrogens with zero attached hydrogens (tertiary/aromatic N) is 5. The van der Waals surface area contributed by atoms with Crippen molar-refractivity contribution in [2.45, 2.75) is 39.5 Å². The fraction of sp³-hybridized carbons (Fsp3) is 0.300. The van der Waals surface area contributed by atoms with E-state index in [4.69, 9.17) is 16.0 Å². The Morgan fingerprint density at radius 3 is 2.61 bits per heavy atom. The molecule has 3 aromatic rings. The third-order valence-corrected chi connectivity index (χ3v) is 6.18. The smallest absolute Gasteiger partial charge is 0.163 e. The summed E-state index contributed by atoms with van der Waals surface area (Å²) >= 11 is 1.67. The summed E-state index contributed by atoms with van der Waals surface area (Å²) in [5.41, 5.74) is 10.2. The number of aryl methyl sites for hydroxylation is 2. The summed E-state index contributed by atoms with van der Waals surface area (Å²) in [7, 11) is 0. The van der Waals surface area contributed by atoms with Crippen molar-refractivity contribution < 1.29 is 5.11 Å². The van der Waals surface area contributed by atoms with Crippen LogP contribution in [-0.4, -0.2) is 31.8 Å². The van der Waals surface area contributed by atoms with E-state index in [1.54, 1.807) is 23.5 Å². The lowest BCUT2D eigenvalue weighted by molar-refractivity contribution is 0.162. The van der Waals surface area contributed by atoms with Gasteiger partial charge in [0.2, 0.25) is 0 Å². The Hall–Kier alpha value is -2.86. The van der Waals surface area contributed by atoms with Crippen molar-refractivity contribution in [2.75, 3.05) is 0 Å². The molecule has 0 spiro atoms. The number of aromatic nitrogens is 3. The third kappa shape index (κ3) is 2.94. The summed E-state index contributed by atoms with van der Waals surface area (Å²) < 4.78 is 2.02. The number of aliphatic hydroxyl groups is 1. The normalized spacial score (nSPS) is 16.6. The summed E-state index contributed by atoms with van der Waals surface area (Å²) in [5.74, 6) is 1.44. The van der Waals surface area contributed by atoms with Crippen LogP contribution in [0.4, 0.5) is 0 Å². The molecule has 0 saturated carbocycles. The van der Waals surface area contributed by atoms with Gasteiger partial charge in [0.1, 0.15) is 23.1 Å². The van der Waals surface area contributed by atoms with Crippen LogP contribution in [0.1, 0.15) is 51.2 Å². The van der Waals surface area contributed by atoms with Crippen molar-refractivity contribution in [3.63, 3.8) is 0 Å². The summed E-state index contributed by atoms with van der Waals surface area (Å²) in [6, 6.07) is 9.11. The summed E-state index contributed by atoms with van der Waals surface area (Å²) in [5, 5.41) is 28.6. The first-order chi connectivity index (χ1) is 13.4. The fourth-order valence-corrected chi connectivity index (χ4v) is 4.69. The Morgan fingerprint density at radius 2 is 1.96 bits per heavy atom. The van der Waals surface area contributed by atoms with Crippen LogP contribution < -0.4 is 5.73 Å². The van der Waals surface area contributed by atoms with Gasteiger partial charge in [-0.05, 0) is 38.5 Å². The van der Waals surface area contributed by atoms with E-state index in [2.05, 4.69) is 30.1 Å². The van der Waals surface area contributed by atoms with Gasteiger partial charge in [-0.15, -0.1) is 21.5 Å². The maximum atomic E-state index is 9.84. The van der Waals surface area contributed by atoms with Crippen LogP contribution in [0.5, 0.6) is 0 Å². The second-order valence-electron chi connectivity index (χ2n) is 6.89. The molecule has 3 heterocycles. The molecule has 3 N–H and O–H groups in total. The molecule has 1 unspecified atom stereocenters. The molecule has 0 bridgehead atoms. The van der Waals surface area contributed by atoms with Crippen LogP contribution in [0.15, 0.2) is 29.3 Å². The monoisotopic (exact) mass is 392 g/mol. The highest BCUT2D eigenvalue weighted by Crippen LogP contribution is 2.39. The molecule has 7 nitrogen and oxygen atoms in total. The zero-order valence-corrected chi connectivity index (χ0v) is 16.7. The van der Waals surface area contributed by atoms with Crippen molar-refractivity contribution >= 4 is 17.0 Å². The van der Waals surface area contributed by atoms with E-state index in [0.29, 0.717) is 11.4 Å². The number of nitrogens with two attached hydrogens (primary N) is 1. The first-order valence-electron chi connectivity index (χ1n) is 8.95. The SMILES string of the molecule is Cc1sc2c(c1C)C(c1ccc(C#N)cc1)=N[C@@H](CC(N)O)c1nnc(C)n1-2. The number of benzene rings is 1. The van der Waals surface area contributed by atoms with E-state index in [1.165, 1.54) is 4.88 Å². The molecule has 4 rings (SSSR count). The Bertz CT molecular complexity index is 1120. The fourth-order valence-electron chi connectivity index (χ4n) is 3.48. The molecule has 0 fully saturated rings. The van der Waals surface area contributed by atoms with Crippen molar-refractivity contribution in [3.05, 3.63) is 63.0 Å². The lowest BCUT2D eigenvalue weighted by atomic mass is 9.99. The molecule has 1 aliphatic heterocycles. The molecule has 0 aliphatic carbocycles. The lowest BCUT2D eigenvalue weighted by Crippen LogP contribution is -2.22. The maximum absolute atomic E-state index is 9.84. The summed E-state index contributed by atoms with van der Waals surface area (Å²) in [6.07, 6.45) is -0.773. The number of fused-ring (bicyclic) bond motifs is 3. The molecule has 0 saturated heterocycles.